The third kappa shape index (κ3) is 4.26. The first-order valence-electron chi connectivity index (χ1n) is 10.3. The highest BCUT2D eigenvalue weighted by atomic mass is 32.2. The lowest BCUT2D eigenvalue weighted by Gasteiger charge is -2.57. The minimum atomic E-state index is -3.61. The van der Waals surface area contributed by atoms with Gasteiger partial charge in [-0.05, 0) is 87.5 Å². The normalized spacial score (nSPS) is 32.3. The van der Waals surface area contributed by atoms with Crippen molar-refractivity contribution in [3.05, 3.63) is 24.3 Å². The molecular formula is C21H30N2O4S. The summed E-state index contributed by atoms with van der Waals surface area (Å²) in [6.07, 6.45) is 7.33. The maximum absolute atomic E-state index is 12.6. The lowest BCUT2D eigenvalue weighted by atomic mass is 9.54. The number of hydrogen-bond donors (Lipinski definition) is 2. The van der Waals surface area contributed by atoms with E-state index in [0.717, 1.165) is 37.0 Å². The van der Waals surface area contributed by atoms with Crippen molar-refractivity contribution in [2.75, 3.05) is 11.9 Å². The molecule has 1 aromatic rings. The number of nitrogens with one attached hydrogen (secondary N) is 2. The zero-order chi connectivity index (χ0) is 19.9. The van der Waals surface area contributed by atoms with Crippen LogP contribution in [0.4, 0.5) is 5.69 Å². The maximum Gasteiger partial charge on any atom is 0.240 e. The standard InChI is InChI=1S/C21H30N2O4S/c1-14(27-21-10-16-7-17(11-21)9-18(8-16)12-21)13-22-28(25,26)20-5-3-19(4-6-20)23-15(2)24/h3-6,14,16-18,22H,7-13H2,1-2H3,(H,23,24)/t14-,16?,17?,18?,21?/m0/s1. The molecule has 4 aliphatic carbocycles. The van der Waals surface area contributed by atoms with Crippen molar-refractivity contribution in [2.45, 2.75) is 69.0 Å². The van der Waals surface area contributed by atoms with Gasteiger partial charge in [-0.2, -0.15) is 0 Å². The van der Waals surface area contributed by atoms with Gasteiger partial charge in [0.2, 0.25) is 15.9 Å². The summed E-state index contributed by atoms with van der Waals surface area (Å²) in [4.78, 5) is 11.3. The predicted molar refractivity (Wildman–Crippen MR) is 107 cm³/mol. The zero-order valence-corrected chi connectivity index (χ0v) is 17.4. The van der Waals surface area contributed by atoms with Crippen molar-refractivity contribution >= 4 is 21.6 Å². The van der Waals surface area contributed by atoms with Crippen LogP contribution in [0.3, 0.4) is 0 Å². The van der Waals surface area contributed by atoms with Crippen LogP contribution in [-0.4, -0.2) is 32.6 Å². The van der Waals surface area contributed by atoms with E-state index in [9.17, 15) is 13.2 Å². The Morgan fingerprint density at radius 2 is 1.64 bits per heavy atom. The molecule has 1 aromatic carbocycles. The number of carbonyl (C=O) groups excluding carboxylic acids is 1. The third-order valence-electron chi connectivity index (χ3n) is 6.48. The molecule has 2 N–H and O–H groups in total. The topological polar surface area (TPSA) is 84.5 Å². The summed E-state index contributed by atoms with van der Waals surface area (Å²) in [5.74, 6) is 2.22. The summed E-state index contributed by atoms with van der Waals surface area (Å²) >= 11 is 0. The average molecular weight is 407 g/mol. The highest BCUT2D eigenvalue weighted by Crippen LogP contribution is 2.57. The van der Waals surface area contributed by atoms with E-state index in [1.54, 1.807) is 12.1 Å². The Labute approximate surface area is 167 Å². The van der Waals surface area contributed by atoms with Crippen molar-refractivity contribution in [1.29, 1.82) is 0 Å². The summed E-state index contributed by atoms with van der Waals surface area (Å²) in [6.45, 7) is 3.63. The van der Waals surface area contributed by atoms with Crippen molar-refractivity contribution in [1.82, 2.24) is 4.72 Å². The highest BCUT2D eigenvalue weighted by Gasteiger charge is 2.52. The van der Waals surface area contributed by atoms with Gasteiger partial charge in [0.15, 0.2) is 0 Å². The van der Waals surface area contributed by atoms with E-state index in [-0.39, 0.29) is 29.1 Å². The van der Waals surface area contributed by atoms with Crippen molar-refractivity contribution < 1.29 is 17.9 Å². The van der Waals surface area contributed by atoms with Crippen LogP contribution in [0.5, 0.6) is 0 Å². The van der Waals surface area contributed by atoms with Crippen LogP contribution < -0.4 is 10.0 Å². The fourth-order valence-corrected chi connectivity index (χ4v) is 6.99. The zero-order valence-electron chi connectivity index (χ0n) is 16.6. The molecule has 1 amide bonds. The van der Waals surface area contributed by atoms with Gasteiger partial charge in [0.1, 0.15) is 0 Å². The number of hydrogen-bond acceptors (Lipinski definition) is 4. The highest BCUT2D eigenvalue weighted by molar-refractivity contribution is 7.89. The smallest absolute Gasteiger partial charge is 0.240 e. The van der Waals surface area contributed by atoms with Crippen LogP contribution in [0.25, 0.3) is 0 Å². The van der Waals surface area contributed by atoms with Crippen LogP contribution in [-0.2, 0) is 19.6 Å². The van der Waals surface area contributed by atoms with E-state index >= 15 is 0 Å². The van der Waals surface area contributed by atoms with Gasteiger partial charge in [-0.25, -0.2) is 13.1 Å². The quantitative estimate of drug-likeness (QED) is 0.728. The minimum absolute atomic E-state index is 0.0282. The molecule has 154 valence electrons. The molecular weight excluding hydrogens is 376 g/mol. The number of rotatable bonds is 7. The van der Waals surface area contributed by atoms with E-state index < -0.39 is 10.0 Å². The van der Waals surface area contributed by atoms with E-state index in [2.05, 4.69) is 10.0 Å². The van der Waals surface area contributed by atoms with Crippen LogP contribution in [0.1, 0.15) is 52.4 Å². The minimum Gasteiger partial charge on any atom is -0.371 e. The molecule has 0 saturated heterocycles. The second-order valence-electron chi connectivity index (χ2n) is 9.09. The Balaban J connectivity index is 1.34. The first kappa shape index (κ1) is 19.9. The molecule has 4 saturated carbocycles. The molecule has 1 atom stereocenters. The first-order valence-corrected chi connectivity index (χ1v) is 11.8. The largest absolute Gasteiger partial charge is 0.371 e. The van der Waals surface area contributed by atoms with Gasteiger partial charge in [0, 0.05) is 19.2 Å². The molecule has 4 fully saturated rings. The lowest BCUT2D eigenvalue weighted by molar-refractivity contribution is -0.182. The second kappa shape index (κ2) is 7.43. The summed E-state index contributed by atoms with van der Waals surface area (Å²) in [5.41, 5.74) is 0.546. The number of benzene rings is 1. The van der Waals surface area contributed by atoms with Gasteiger partial charge in [-0.1, -0.05) is 0 Å². The summed E-state index contributed by atoms with van der Waals surface area (Å²) in [6, 6.07) is 6.17. The van der Waals surface area contributed by atoms with Crippen LogP contribution in [0, 0.1) is 17.8 Å². The van der Waals surface area contributed by atoms with E-state index in [0.29, 0.717) is 5.69 Å². The fraction of sp³-hybridized carbons (Fsp3) is 0.667. The second-order valence-corrected chi connectivity index (χ2v) is 10.9. The van der Waals surface area contributed by atoms with E-state index in [4.69, 9.17) is 4.74 Å². The molecule has 0 aromatic heterocycles. The maximum atomic E-state index is 12.6. The number of sulfonamides is 1. The lowest BCUT2D eigenvalue weighted by Crippen LogP contribution is -2.53. The Bertz CT molecular complexity index is 799. The van der Waals surface area contributed by atoms with Crippen molar-refractivity contribution in [2.24, 2.45) is 17.8 Å². The molecule has 6 nitrogen and oxygen atoms in total. The van der Waals surface area contributed by atoms with Crippen LogP contribution in [0.15, 0.2) is 29.2 Å². The van der Waals surface area contributed by atoms with Crippen LogP contribution >= 0.6 is 0 Å². The SMILES string of the molecule is CC(=O)Nc1ccc(S(=O)(=O)NC[C@H](C)OC23CC4CC(CC(C4)C2)C3)cc1. The molecule has 7 heteroatoms. The average Bonchev–Trinajstić information content (AvgIpc) is 2.58. The van der Waals surface area contributed by atoms with Gasteiger partial charge in [0.25, 0.3) is 0 Å². The number of amides is 1. The van der Waals surface area contributed by atoms with Crippen molar-refractivity contribution in [3.8, 4) is 0 Å². The molecule has 0 unspecified atom stereocenters. The van der Waals surface area contributed by atoms with Crippen molar-refractivity contribution in [3.63, 3.8) is 0 Å². The summed E-state index contributed by atoms with van der Waals surface area (Å²) in [5, 5.41) is 2.63. The number of anilines is 1. The van der Waals surface area contributed by atoms with Gasteiger partial charge in [-0.3, -0.25) is 4.79 Å². The van der Waals surface area contributed by atoms with E-state index in [1.165, 1.54) is 38.3 Å². The Kier molecular flexibility index (Phi) is 5.27. The molecule has 0 spiro atoms. The van der Waals surface area contributed by atoms with E-state index in [1.807, 2.05) is 6.92 Å². The molecule has 0 radical (unpaired) electrons. The van der Waals surface area contributed by atoms with Gasteiger partial charge in [0.05, 0.1) is 16.6 Å². The molecule has 4 aliphatic rings. The molecule has 0 aliphatic heterocycles. The monoisotopic (exact) mass is 406 g/mol. The van der Waals surface area contributed by atoms with Gasteiger partial charge in [-0.15, -0.1) is 0 Å². The molecule has 28 heavy (non-hydrogen) atoms. The van der Waals surface area contributed by atoms with Crippen LogP contribution in [0.2, 0.25) is 0 Å². The molecule has 5 rings (SSSR count). The molecule has 0 heterocycles. The Morgan fingerprint density at radius 1 is 1.11 bits per heavy atom. The van der Waals surface area contributed by atoms with Gasteiger partial charge >= 0.3 is 0 Å². The first-order chi connectivity index (χ1) is 13.2. The Morgan fingerprint density at radius 3 is 2.14 bits per heavy atom. The predicted octanol–water partition coefficient (Wildman–Crippen LogP) is 3.30. The fourth-order valence-electron chi connectivity index (χ4n) is 5.88. The Hall–Kier alpha value is -1.44. The summed E-state index contributed by atoms with van der Waals surface area (Å²) < 4.78 is 34.3. The number of ether oxygens (including phenoxy) is 1. The number of carbonyl (C=O) groups is 1. The van der Waals surface area contributed by atoms with Gasteiger partial charge < -0.3 is 10.1 Å². The third-order valence-corrected chi connectivity index (χ3v) is 7.92. The summed E-state index contributed by atoms with van der Waals surface area (Å²) in [7, 11) is -3.61. The molecule has 4 bridgehead atoms.